The third kappa shape index (κ3) is 44.3. The number of rotatable bonds is 67. The van der Waals surface area contributed by atoms with E-state index in [2.05, 4.69) is 106 Å². The summed E-state index contributed by atoms with van der Waals surface area (Å²) in [6, 6.07) is -0.0190. The normalized spacial score (nSPS) is 13.9. The standard InChI is InChI=1S/C90H140N30O19S2/c1-49(2)39-67(116-87(139)71(47-141-48-108-51(4)121)120-81(133)60(21-10-12-33-91)109-75(127)50(3)93)84(136)112-64(25-16-37-103-90(99)100)80(132)118-70(42-54-44-105-59-20-9-7-18-57(54)59)86(138)114-65(30-31-72(94)123)82(134)119-69(41-53-43-104-58-19-8-6-17-56(53)58)85(137)113-63(24-15-36-102-89(97)98)78(130)115-66(32-38-140-5)83(135)111-62(23-14-35-101-88(95)96)77(129)110-61(22-11-13-34-92)79(131)117-68(40-52-26-28-55(122)29-27-52)76(128)107-45-73(124)106-46-74(125)126/h6-9,17-20,26-29,43-44,49-50,60-71,104-105,122H,10-16,21-25,30-42,45-48,91-93H2,1-5H3,(H2,94,123)(H,106,124)(H,107,128)(H,108,121)(H,109,127)(H,110,129)(H,111,135)(H,112,136)(H,113,137)(H,114,138)(H,115,130)(H,116,139)(H,117,131)(H,118,132)(H,119,134)(H,120,133)(H,125,126)(H4,95,96,101)(H4,97,98,102)(H4,99,100,103)/t50-,60-,61-,62-,63-,64-,65-,66-,67-,68-,69-,70-,71-/m0/s1. The number of thioether (sulfide) groups is 2. The van der Waals surface area contributed by atoms with Crippen molar-refractivity contribution in [3.8, 4) is 5.75 Å². The van der Waals surface area contributed by atoms with Crippen LogP contribution < -0.4 is 136 Å². The topological polar surface area (TPSA) is 832 Å². The molecule has 2 aromatic heterocycles. The zero-order valence-corrected chi connectivity index (χ0v) is 81.5. The number of carboxylic acid groups (broad SMARTS) is 1. The lowest BCUT2D eigenvalue weighted by atomic mass is 10.00. The van der Waals surface area contributed by atoms with Gasteiger partial charge in [-0.05, 0) is 175 Å². The molecule has 0 radical (unpaired) electrons. The first-order valence-electron chi connectivity index (χ1n) is 46.4. The fourth-order valence-electron chi connectivity index (χ4n) is 14.6. The van der Waals surface area contributed by atoms with Crippen LogP contribution in [-0.4, -0.2) is 287 Å². The fraction of sp³-hybridized carbons (Fsp3) is 0.533. The van der Waals surface area contributed by atoms with E-state index in [0.717, 1.165) is 11.8 Å². The molecular formula is C90H140N30O19S2. The highest BCUT2D eigenvalue weighted by atomic mass is 32.2. The molecule has 0 spiro atoms. The molecule has 0 bridgehead atoms. The maximum absolute atomic E-state index is 15.6. The second-order valence-electron chi connectivity index (χ2n) is 34.1. The van der Waals surface area contributed by atoms with Crippen LogP contribution in [0.15, 0.2) is 85.2 Å². The molecule has 16 amide bonds. The molecule has 5 rings (SSSR count). The Bertz CT molecular complexity index is 5040. The number of aromatic hydroxyl groups is 1. The Morgan fingerprint density at radius 1 is 0.397 bits per heavy atom. The summed E-state index contributed by atoms with van der Waals surface area (Å²) in [5, 5.41) is 91.2. The van der Waals surface area contributed by atoms with Crippen molar-refractivity contribution in [2.24, 2.45) is 46.1 Å². The van der Waals surface area contributed by atoms with Crippen molar-refractivity contribution >= 4 is 164 Å². The van der Waals surface area contributed by atoms with E-state index in [0.29, 0.717) is 57.8 Å². The molecule has 39 N–H and O–H groups in total. The van der Waals surface area contributed by atoms with Crippen molar-refractivity contribution in [1.82, 2.24) is 106 Å². The van der Waals surface area contributed by atoms with Gasteiger partial charge in [0.2, 0.25) is 94.5 Å². The molecular weight excluding hydrogens is 1870 g/mol. The fourth-order valence-corrected chi connectivity index (χ4v) is 15.9. The second kappa shape index (κ2) is 62.8. The number of aromatic nitrogens is 2. The number of hydrogen-bond acceptors (Lipinski definition) is 26. The van der Waals surface area contributed by atoms with E-state index < -0.39 is 223 Å². The molecule has 0 saturated heterocycles. The Hall–Kier alpha value is -14.1. The van der Waals surface area contributed by atoms with Gasteiger partial charge in [-0.1, -0.05) is 62.4 Å². The predicted octanol–water partition coefficient (Wildman–Crippen LogP) is -5.20. The van der Waals surface area contributed by atoms with Crippen molar-refractivity contribution in [3.05, 3.63) is 102 Å². The highest BCUT2D eigenvalue weighted by Gasteiger charge is 2.39. The van der Waals surface area contributed by atoms with Crippen LogP contribution in [0, 0.1) is 22.1 Å². The molecule has 13 atom stereocenters. The maximum atomic E-state index is 15.6. The van der Waals surface area contributed by atoms with Crippen LogP contribution >= 0.6 is 23.5 Å². The quantitative estimate of drug-likeness (QED) is 0.00749. The molecule has 5 aromatic rings. The minimum absolute atomic E-state index is 0.00799. The number of phenolic OH excluding ortho intramolecular Hbond substituents is 1. The minimum atomic E-state index is -1.80. The number of aliphatic carboxylic acids is 1. The number of guanidine groups is 3. The number of unbranched alkanes of at least 4 members (excludes halogenated alkanes) is 2. The van der Waals surface area contributed by atoms with E-state index in [1.807, 2.05) is 0 Å². The summed E-state index contributed by atoms with van der Waals surface area (Å²) in [5.74, 6) is -17.5. The minimum Gasteiger partial charge on any atom is -0.508 e. The van der Waals surface area contributed by atoms with Crippen molar-refractivity contribution in [2.45, 2.75) is 228 Å². The Morgan fingerprint density at radius 3 is 1.13 bits per heavy atom. The Morgan fingerprint density at radius 2 is 0.752 bits per heavy atom. The Labute approximate surface area is 824 Å². The first-order chi connectivity index (χ1) is 67.1. The molecule has 776 valence electrons. The van der Waals surface area contributed by atoms with Crippen molar-refractivity contribution in [1.29, 1.82) is 16.2 Å². The number of aromatic amines is 2. The van der Waals surface area contributed by atoms with Crippen LogP contribution in [0.2, 0.25) is 0 Å². The average molecular weight is 2010 g/mol. The largest absolute Gasteiger partial charge is 0.508 e. The number of carbonyl (C=O) groups is 17. The predicted molar refractivity (Wildman–Crippen MR) is 532 cm³/mol. The van der Waals surface area contributed by atoms with Gasteiger partial charge in [0.05, 0.1) is 18.5 Å². The van der Waals surface area contributed by atoms with Crippen LogP contribution in [-0.2, 0) is 101 Å². The van der Waals surface area contributed by atoms with E-state index in [1.54, 1.807) is 81.0 Å². The van der Waals surface area contributed by atoms with Crippen molar-refractivity contribution in [3.63, 3.8) is 0 Å². The molecule has 0 fully saturated rings. The van der Waals surface area contributed by atoms with Gasteiger partial charge in [-0.3, -0.25) is 97.7 Å². The van der Waals surface area contributed by atoms with Crippen LogP contribution in [0.5, 0.6) is 5.75 Å². The molecule has 0 aliphatic carbocycles. The summed E-state index contributed by atoms with van der Waals surface area (Å²) in [6.07, 6.45) is 3.44. The number of amides is 16. The van der Waals surface area contributed by atoms with E-state index in [4.69, 9.17) is 61.5 Å². The Kier molecular flexibility index (Phi) is 52.3. The number of para-hydroxylation sites is 2. The average Bonchev–Trinajstić information content (AvgIpc) is 1.71. The second-order valence-corrected chi connectivity index (χ2v) is 36.1. The summed E-state index contributed by atoms with van der Waals surface area (Å²) in [7, 11) is 0. The summed E-state index contributed by atoms with van der Waals surface area (Å²) >= 11 is 2.32. The third-order valence-electron chi connectivity index (χ3n) is 22.0. The summed E-state index contributed by atoms with van der Waals surface area (Å²) in [5.41, 5.74) is 42.7. The first kappa shape index (κ1) is 117. The van der Waals surface area contributed by atoms with Crippen LogP contribution in [0.1, 0.15) is 147 Å². The zero-order chi connectivity index (χ0) is 104. The van der Waals surface area contributed by atoms with Crippen molar-refractivity contribution in [2.75, 3.05) is 69.5 Å². The molecule has 3 aromatic carbocycles. The first-order valence-corrected chi connectivity index (χ1v) is 48.9. The lowest BCUT2D eigenvalue weighted by Gasteiger charge is -2.29. The van der Waals surface area contributed by atoms with Crippen LogP contribution in [0.3, 0.4) is 0 Å². The highest BCUT2D eigenvalue weighted by molar-refractivity contribution is 7.99. The van der Waals surface area contributed by atoms with E-state index in [-0.39, 0.29) is 152 Å². The lowest BCUT2D eigenvalue weighted by Crippen LogP contribution is -2.61. The number of fused-ring (bicyclic) bond motifs is 2. The molecule has 2 heterocycles. The van der Waals surface area contributed by atoms with E-state index in [1.165, 1.54) is 49.9 Å². The molecule has 0 aliphatic heterocycles. The number of hydrogen-bond donors (Lipinski definition) is 32. The van der Waals surface area contributed by atoms with E-state index in [9.17, 15) is 53.1 Å². The maximum Gasteiger partial charge on any atom is 0.322 e. The summed E-state index contributed by atoms with van der Waals surface area (Å²) < 4.78 is 0. The SMILES string of the molecule is CSCC[C@H](NC(=O)[C@H](CCCNC(=N)N)NC(=O)[C@H](Cc1c[nH]c2ccccc12)NC(=O)[C@H](CCC(N)=O)NC(=O)[C@H](Cc1c[nH]c2ccccc12)NC(=O)[C@H](CCCNC(=N)N)NC(=O)[C@H](CC(C)C)NC(=O)[C@H](CSCNC(C)=O)NC(=O)[C@H](CCCCN)NC(=O)[C@H](C)N)C(=O)N[C@@H](CCCNC(=N)N)C(=O)N[C@@H](CCCCN)C(=O)N[C@@H](Cc1ccc(O)cc1)C(=O)NCC(=O)NCC(=O)O. The highest BCUT2D eigenvalue weighted by Crippen LogP contribution is 2.24. The molecule has 0 aliphatic rings. The lowest BCUT2D eigenvalue weighted by molar-refractivity contribution is -0.138. The van der Waals surface area contributed by atoms with Gasteiger partial charge in [-0.2, -0.15) is 11.8 Å². The van der Waals surface area contributed by atoms with Gasteiger partial charge < -0.3 is 156 Å². The number of carbonyl (C=O) groups excluding carboxylic acids is 16. The summed E-state index contributed by atoms with van der Waals surface area (Å²) in [6.45, 7) is 5.08. The van der Waals surface area contributed by atoms with Gasteiger partial charge in [-0.25, -0.2) is 0 Å². The molecule has 141 heavy (non-hydrogen) atoms. The zero-order valence-electron chi connectivity index (χ0n) is 79.9. The number of benzene rings is 3. The van der Waals surface area contributed by atoms with Gasteiger partial charge in [-0.15, -0.1) is 11.8 Å². The number of nitrogens with two attached hydrogens (primary N) is 7. The summed E-state index contributed by atoms with van der Waals surface area (Å²) in [4.78, 5) is 247. The third-order valence-corrected chi connectivity index (χ3v) is 23.6. The van der Waals surface area contributed by atoms with Gasteiger partial charge in [0.1, 0.15) is 84.8 Å². The number of carboxylic acids is 1. The molecule has 0 saturated carbocycles. The monoisotopic (exact) mass is 2010 g/mol. The smallest absolute Gasteiger partial charge is 0.322 e. The molecule has 51 heteroatoms. The number of primary amides is 1. The Balaban J connectivity index is 1.55. The van der Waals surface area contributed by atoms with Gasteiger partial charge in [0.25, 0.3) is 0 Å². The number of H-pyrrole nitrogens is 2. The number of phenols is 1. The van der Waals surface area contributed by atoms with E-state index >= 15 is 33.6 Å². The van der Waals surface area contributed by atoms with Crippen molar-refractivity contribution < 1.29 is 91.7 Å². The van der Waals surface area contributed by atoms with Gasteiger partial charge in [0.15, 0.2) is 17.9 Å². The van der Waals surface area contributed by atoms with Crippen LogP contribution in [0.4, 0.5) is 0 Å². The number of nitrogens with one attached hydrogen (secondary N) is 23. The molecule has 0 unspecified atom stereocenters. The van der Waals surface area contributed by atoms with Gasteiger partial charge >= 0.3 is 5.97 Å². The van der Waals surface area contributed by atoms with Gasteiger partial charge in [0, 0.05) is 92.2 Å². The molecule has 49 nitrogen and oxygen atoms in total. The van der Waals surface area contributed by atoms with Crippen LogP contribution in [0.25, 0.3) is 21.8 Å².